The van der Waals surface area contributed by atoms with Crippen LogP contribution in [0.25, 0.3) is 0 Å². The molecule has 0 aromatic heterocycles. The molecule has 1 heterocycles. The maximum atomic E-state index is 12.0. The Balaban J connectivity index is 2.10. The van der Waals surface area contributed by atoms with Gasteiger partial charge in [-0.1, -0.05) is 12.1 Å². The van der Waals surface area contributed by atoms with Gasteiger partial charge in [0, 0.05) is 26.2 Å². The molecular formula is C12H18N2O3S. The van der Waals surface area contributed by atoms with Crippen LogP contribution in [0.15, 0.2) is 24.3 Å². The van der Waals surface area contributed by atoms with E-state index >= 15 is 0 Å². The SMILES string of the molecule is COc1ccc(CN2CCNCCS2(=O)=O)cc1. The zero-order valence-electron chi connectivity index (χ0n) is 10.4. The van der Waals surface area contributed by atoms with Crippen LogP contribution in [-0.2, 0) is 16.6 Å². The summed E-state index contributed by atoms with van der Waals surface area (Å²) >= 11 is 0. The molecule has 1 saturated heterocycles. The van der Waals surface area contributed by atoms with Crippen molar-refractivity contribution in [2.75, 3.05) is 32.5 Å². The predicted molar refractivity (Wildman–Crippen MR) is 70.1 cm³/mol. The second-order valence-corrected chi connectivity index (χ2v) is 6.34. The number of nitrogens with zero attached hydrogens (tertiary/aromatic N) is 1. The molecule has 0 saturated carbocycles. The highest BCUT2D eigenvalue weighted by atomic mass is 32.2. The van der Waals surface area contributed by atoms with Gasteiger partial charge in [-0.3, -0.25) is 0 Å². The molecule has 5 nitrogen and oxygen atoms in total. The third-order valence-corrected chi connectivity index (χ3v) is 4.80. The quantitative estimate of drug-likeness (QED) is 0.865. The van der Waals surface area contributed by atoms with E-state index in [1.54, 1.807) is 7.11 Å². The Morgan fingerprint density at radius 2 is 2.00 bits per heavy atom. The van der Waals surface area contributed by atoms with Crippen LogP contribution in [0.4, 0.5) is 0 Å². The van der Waals surface area contributed by atoms with E-state index < -0.39 is 10.0 Å². The van der Waals surface area contributed by atoms with Crippen molar-refractivity contribution in [2.24, 2.45) is 0 Å². The summed E-state index contributed by atoms with van der Waals surface area (Å²) in [4.78, 5) is 0. The van der Waals surface area contributed by atoms with Gasteiger partial charge in [0.2, 0.25) is 10.0 Å². The summed E-state index contributed by atoms with van der Waals surface area (Å²) in [5.74, 6) is 0.947. The average molecular weight is 270 g/mol. The Kier molecular flexibility index (Phi) is 4.21. The van der Waals surface area contributed by atoms with Crippen molar-refractivity contribution >= 4 is 10.0 Å². The molecule has 100 valence electrons. The van der Waals surface area contributed by atoms with E-state index in [2.05, 4.69) is 5.32 Å². The first-order chi connectivity index (χ1) is 8.62. The molecule has 1 aromatic carbocycles. The van der Waals surface area contributed by atoms with Gasteiger partial charge in [0.25, 0.3) is 0 Å². The molecular weight excluding hydrogens is 252 g/mol. The van der Waals surface area contributed by atoms with E-state index in [4.69, 9.17) is 4.74 Å². The minimum atomic E-state index is -3.13. The number of ether oxygens (including phenoxy) is 1. The summed E-state index contributed by atoms with van der Waals surface area (Å²) in [6.45, 7) is 2.18. The molecule has 0 unspecified atom stereocenters. The van der Waals surface area contributed by atoms with Crippen molar-refractivity contribution in [3.05, 3.63) is 29.8 Å². The third kappa shape index (κ3) is 3.22. The van der Waals surface area contributed by atoms with Gasteiger partial charge in [0.1, 0.15) is 5.75 Å². The lowest BCUT2D eigenvalue weighted by molar-refractivity contribution is 0.409. The number of sulfonamides is 1. The summed E-state index contributed by atoms with van der Waals surface area (Å²) in [6, 6.07) is 7.48. The average Bonchev–Trinajstić information content (AvgIpc) is 2.52. The molecule has 0 spiro atoms. The summed E-state index contributed by atoms with van der Waals surface area (Å²) in [7, 11) is -1.52. The number of benzene rings is 1. The number of nitrogens with one attached hydrogen (secondary N) is 1. The summed E-state index contributed by atoms with van der Waals surface area (Å²) < 4.78 is 30.6. The zero-order chi connectivity index (χ0) is 13.0. The molecule has 0 amide bonds. The molecule has 1 aliphatic rings. The van der Waals surface area contributed by atoms with E-state index in [1.165, 1.54) is 4.31 Å². The third-order valence-electron chi connectivity index (χ3n) is 2.99. The van der Waals surface area contributed by atoms with Gasteiger partial charge in [-0.25, -0.2) is 8.42 Å². The molecule has 0 radical (unpaired) electrons. The monoisotopic (exact) mass is 270 g/mol. The van der Waals surface area contributed by atoms with Crippen molar-refractivity contribution in [3.8, 4) is 5.75 Å². The van der Waals surface area contributed by atoms with Gasteiger partial charge in [-0.05, 0) is 17.7 Å². The number of rotatable bonds is 3. The standard InChI is InChI=1S/C12H18N2O3S/c1-17-12-4-2-11(3-5-12)10-14-8-6-13-7-9-18(14,15)16/h2-5,13H,6-10H2,1H3. The van der Waals surface area contributed by atoms with Crippen molar-refractivity contribution in [2.45, 2.75) is 6.54 Å². The Hall–Kier alpha value is -1.11. The minimum Gasteiger partial charge on any atom is -0.497 e. The highest BCUT2D eigenvalue weighted by molar-refractivity contribution is 7.89. The zero-order valence-corrected chi connectivity index (χ0v) is 11.2. The highest BCUT2D eigenvalue weighted by Gasteiger charge is 2.23. The maximum Gasteiger partial charge on any atom is 0.215 e. The van der Waals surface area contributed by atoms with Crippen LogP contribution in [0.3, 0.4) is 0 Å². The lowest BCUT2D eigenvalue weighted by Crippen LogP contribution is -2.33. The summed E-state index contributed by atoms with van der Waals surface area (Å²) in [6.07, 6.45) is 0. The molecule has 1 aliphatic heterocycles. The van der Waals surface area contributed by atoms with Crippen molar-refractivity contribution in [3.63, 3.8) is 0 Å². The van der Waals surface area contributed by atoms with Crippen LogP contribution in [0, 0.1) is 0 Å². The lowest BCUT2D eigenvalue weighted by atomic mass is 10.2. The molecule has 0 aliphatic carbocycles. The molecule has 1 fully saturated rings. The Morgan fingerprint density at radius 1 is 1.28 bits per heavy atom. The molecule has 1 aromatic rings. The van der Waals surface area contributed by atoms with Gasteiger partial charge in [-0.15, -0.1) is 0 Å². The van der Waals surface area contributed by atoms with Gasteiger partial charge in [0.15, 0.2) is 0 Å². The number of hydrogen-bond donors (Lipinski definition) is 1. The Bertz CT molecular complexity index is 485. The van der Waals surface area contributed by atoms with Crippen LogP contribution < -0.4 is 10.1 Å². The van der Waals surface area contributed by atoms with Crippen molar-refractivity contribution in [1.29, 1.82) is 0 Å². The van der Waals surface area contributed by atoms with Gasteiger partial charge in [-0.2, -0.15) is 4.31 Å². The van der Waals surface area contributed by atoms with Crippen molar-refractivity contribution < 1.29 is 13.2 Å². The first-order valence-electron chi connectivity index (χ1n) is 5.93. The molecule has 1 N–H and O–H groups in total. The second-order valence-electron chi connectivity index (χ2n) is 4.25. The maximum absolute atomic E-state index is 12.0. The Morgan fingerprint density at radius 3 is 2.67 bits per heavy atom. The van der Waals surface area contributed by atoms with Gasteiger partial charge < -0.3 is 10.1 Å². The van der Waals surface area contributed by atoms with Crippen LogP contribution in [-0.4, -0.2) is 45.2 Å². The molecule has 0 atom stereocenters. The summed E-state index contributed by atoms with van der Waals surface area (Å²) in [5, 5.41) is 3.10. The van der Waals surface area contributed by atoms with Crippen LogP contribution in [0.2, 0.25) is 0 Å². The smallest absolute Gasteiger partial charge is 0.215 e. The van der Waals surface area contributed by atoms with E-state index in [0.29, 0.717) is 26.2 Å². The number of methoxy groups -OCH3 is 1. The highest BCUT2D eigenvalue weighted by Crippen LogP contribution is 2.15. The van der Waals surface area contributed by atoms with Crippen LogP contribution >= 0.6 is 0 Å². The molecule has 2 rings (SSSR count). The van der Waals surface area contributed by atoms with Gasteiger partial charge in [0.05, 0.1) is 12.9 Å². The van der Waals surface area contributed by atoms with Crippen molar-refractivity contribution in [1.82, 2.24) is 9.62 Å². The van der Waals surface area contributed by atoms with E-state index in [-0.39, 0.29) is 5.75 Å². The van der Waals surface area contributed by atoms with Gasteiger partial charge >= 0.3 is 0 Å². The fourth-order valence-electron chi connectivity index (χ4n) is 1.91. The molecule has 18 heavy (non-hydrogen) atoms. The largest absolute Gasteiger partial charge is 0.497 e. The minimum absolute atomic E-state index is 0.170. The fourth-order valence-corrected chi connectivity index (χ4v) is 3.29. The Labute approximate surface area is 108 Å². The first kappa shape index (κ1) is 13.3. The van der Waals surface area contributed by atoms with Crippen LogP contribution in [0.5, 0.6) is 5.75 Å². The van der Waals surface area contributed by atoms with Crippen LogP contribution in [0.1, 0.15) is 5.56 Å². The molecule has 6 heteroatoms. The molecule has 0 bridgehead atoms. The number of hydrogen-bond acceptors (Lipinski definition) is 4. The normalized spacial score (nSPS) is 20.3. The van der Waals surface area contributed by atoms with E-state index in [1.807, 2.05) is 24.3 Å². The topological polar surface area (TPSA) is 58.6 Å². The lowest BCUT2D eigenvalue weighted by Gasteiger charge is -2.19. The fraction of sp³-hybridized carbons (Fsp3) is 0.500. The first-order valence-corrected chi connectivity index (χ1v) is 7.54. The predicted octanol–water partition coefficient (Wildman–Crippen LogP) is 0.430. The van der Waals surface area contributed by atoms with E-state index in [0.717, 1.165) is 11.3 Å². The second kappa shape index (κ2) is 5.69. The summed E-state index contributed by atoms with van der Waals surface area (Å²) in [5.41, 5.74) is 0.973. The van der Waals surface area contributed by atoms with E-state index in [9.17, 15) is 8.42 Å².